The van der Waals surface area contributed by atoms with E-state index in [4.69, 9.17) is 11.6 Å². The molecule has 18 heavy (non-hydrogen) atoms. The molecule has 0 bridgehead atoms. The Labute approximate surface area is 112 Å². The number of hydrogen-bond donors (Lipinski definition) is 3. The Balaban J connectivity index is 2.50. The molecule has 1 aromatic carbocycles. The van der Waals surface area contributed by atoms with Gasteiger partial charge in [-0.2, -0.15) is 0 Å². The second kappa shape index (κ2) is 6.61. The molecule has 0 aliphatic rings. The predicted molar refractivity (Wildman–Crippen MR) is 72.6 cm³/mol. The zero-order valence-electron chi connectivity index (χ0n) is 10.7. The molecule has 0 unspecified atom stereocenters. The van der Waals surface area contributed by atoms with Crippen LogP contribution in [-0.4, -0.2) is 23.3 Å². The number of halogens is 1. The second-order valence-corrected chi connectivity index (χ2v) is 4.88. The lowest BCUT2D eigenvalue weighted by molar-refractivity contribution is 0.167. The molecule has 1 atom stereocenters. The van der Waals surface area contributed by atoms with Crippen molar-refractivity contribution in [3.8, 4) is 0 Å². The number of rotatable bonds is 5. The Bertz CT molecular complexity index is 406. The van der Waals surface area contributed by atoms with E-state index in [1.807, 2.05) is 25.1 Å². The Morgan fingerprint density at radius 2 is 2.11 bits per heavy atom. The van der Waals surface area contributed by atoms with Crippen molar-refractivity contribution in [2.45, 2.75) is 32.4 Å². The number of benzene rings is 1. The molecule has 1 aromatic rings. The number of urea groups is 1. The first-order chi connectivity index (χ1) is 8.50. The summed E-state index contributed by atoms with van der Waals surface area (Å²) in [7, 11) is 0. The Kier molecular flexibility index (Phi) is 5.44. The standard InChI is InChI=1S/C13H19ClN2O2/c1-3-13(2,9-17)16-12(18)15-8-10-6-4-5-7-11(10)14/h4-7,17H,3,8-9H2,1-2H3,(H2,15,16,18)/t13-/m1/s1. The van der Waals surface area contributed by atoms with Crippen molar-refractivity contribution in [1.82, 2.24) is 10.6 Å². The van der Waals surface area contributed by atoms with E-state index in [1.165, 1.54) is 0 Å². The van der Waals surface area contributed by atoms with Gasteiger partial charge in [0.05, 0.1) is 12.1 Å². The highest BCUT2D eigenvalue weighted by atomic mass is 35.5. The fourth-order valence-corrected chi connectivity index (χ4v) is 1.58. The molecule has 0 saturated heterocycles. The summed E-state index contributed by atoms with van der Waals surface area (Å²) < 4.78 is 0. The number of carbonyl (C=O) groups excluding carboxylic acids is 1. The van der Waals surface area contributed by atoms with Gasteiger partial charge >= 0.3 is 6.03 Å². The summed E-state index contributed by atoms with van der Waals surface area (Å²) >= 11 is 5.98. The minimum Gasteiger partial charge on any atom is -0.394 e. The minimum absolute atomic E-state index is 0.0942. The molecular weight excluding hydrogens is 252 g/mol. The molecule has 0 aliphatic heterocycles. The Morgan fingerprint density at radius 1 is 1.44 bits per heavy atom. The van der Waals surface area contributed by atoms with Crippen LogP contribution in [0.1, 0.15) is 25.8 Å². The van der Waals surface area contributed by atoms with Crippen LogP contribution in [-0.2, 0) is 6.54 Å². The third kappa shape index (κ3) is 4.20. The first-order valence-corrected chi connectivity index (χ1v) is 6.29. The maximum Gasteiger partial charge on any atom is 0.315 e. The van der Waals surface area contributed by atoms with Gasteiger partial charge in [-0.1, -0.05) is 36.7 Å². The van der Waals surface area contributed by atoms with E-state index in [1.54, 1.807) is 13.0 Å². The molecule has 2 amide bonds. The van der Waals surface area contributed by atoms with Crippen molar-refractivity contribution in [3.63, 3.8) is 0 Å². The minimum atomic E-state index is -0.593. The van der Waals surface area contributed by atoms with Crippen LogP contribution in [0.15, 0.2) is 24.3 Å². The van der Waals surface area contributed by atoms with E-state index in [0.29, 0.717) is 18.0 Å². The fraction of sp³-hybridized carbons (Fsp3) is 0.462. The molecule has 0 heterocycles. The van der Waals surface area contributed by atoms with E-state index in [9.17, 15) is 9.90 Å². The maximum atomic E-state index is 11.7. The highest BCUT2D eigenvalue weighted by molar-refractivity contribution is 6.31. The molecule has 100 valence electrons. The Hall–Kier alpha value is -1.26. The van der Waals surface area contributed by atoms with E-state index in [-0.39, 0.29) is 12.6 Å². The van der Waals surface area contributed by atoms with Gasteiger partial charge in [0.15, 0.2) is 0 Å². The van der Waals surface area contributed by atoms with Crippen LogP contribution in [0.4, 0.5) is 4.79 Å². The van der Waals surface area contributed by atoms with Crippen molar-refractivity contribution < 1.29 is 9.90 Å². The second-order valence-electron chi connectivity index (χ2n) is 4.47. The topological polar surface area (TPSA) is 61.4 Å². The summed E-state index contributed by atoms with van der Waals surface area (Å²) in [5.41, 5.74) is 0.265. The fourth-order valence-electron chi connectivity index (χ4n) is 1.38. The predicted octanol–water partition coefficient (Wildman–Crippen LogP) is 2.30. The molecule has 0 radical (unpaired) electrons. The van der Waals surface area contributed by atoms with Crippen molar-refractivity contribution in [2.24, 2.45) is 0 Å². The molecule has 1 rings (SSSR count). The van der Waals surface area contributed by atoms with E-state index in [2.05, 4.69) is 10.6 Å². The maximum absolute atomic E-state index is 11.7. The van der Waals surface area contributed by atoms with E-state index < -0.39 is 5.54 Å². The highest BCUT2D eigenvalue weighted by Gasteiger charge is 2.22. The molecule has 0 saturated carbocycles. The number of nitrogens with one attached hydrogen (secondary N) is 2. The molecule has 0 spiro atoms. The van der Waals surface area contributed by atoms with Gasteiger partial charge in [-0.25, -0.2) is 4.79 Å². The molecule has 5 heteroatoms. The van der Waals surface area contributed by atoms with E-state index >= 15 is 0 Å². The average molecular weight is 271 g/mol. The van der Waals surface area contributed by atoms with Gasteiger partial charge in [0.1, 0.15) is 0 Å². The SMILES string of the molecule is CC[C@](C)(CO)NC(=O)NCc1ccccc1Cl. The average Bonchev–Trinajstić information content (AvgIpc) is 2.37. The Morgan fingerprint density at radius 3 is 2.67 bits per heavy atom. The molecule has 4 nitrogen and oxygen atoms in total. The number of aliphatic hydroxyl groups excluding tert-OH is 1. The monoisotopic (exact) mass is 270 g/mol. The normalized spacial score (nSPS) is 13.8. The summed E-state index contributed by atoms with van der Waals surface area (Å²) in [5, 5.41) is 15.3. The van der Waals surface area contributed by atoms with Crippen LogP contribution < -0.4 is 10.6 Å². The van der Waals surface area contributed by atoms with Crippen LogP contribution in [0.5, 0.6) is 0 Å². The van der Waals surface area contributed by atoms with Crippen molar-refractivity contribution >= 4 is 17.6 Å². The molecule has 0 fully saturated rings. The van der Waals surface area contributed by atoms with Crippen LogP contribution in [0.2, 0.25) is 5.02 Å². The van der Waals surface area contributed by atoms with Gasteiger partial charge in [-0.3, -0.25) is 0 Å². The smallest absolute Gasteiger partial charge is 0.315 e. The lowest BCUT2D eigenvalue weighted by Gasteiger charge is -2.27. The zero-order chi connectivity index (χ0) is 13.6. The molecule has 0 aliphatic carbocycles. The van der Waals surface area contributed by atoms with Gasteiger partial charge < -0.3 is 15.7 Å². The lowest BCUT2D eigenvalue weighted by atomic mass is 10.0. The molecule has 3 N–H and O–H groups in total. The number of hydrogen-bond acceptors (Lipinski definition) is 2. The van der Waals surface area contributed by atoms with Crippen LogP contribution in [0.3, 0.4) is 0 Å². The van der Waals surface area contributed by atoms with Crippen LogP contribution >= 0.6 is 11.6 Å². The summed E-state index contributed by atoms with van der Waals surface area (Å²) in [6.45, 7) is 3.96. The van der Waals surface area contributed by atoms with E-state index in [0.717, 1.165) is 5.56 Å². The van der Waals surface area contributed by atoms with Gasteiger partial charge in [-0.15, -0.1) is 0 Å². The molecule has 0 aromatic heterocycles. The summed E-state index contributed by atoms with van der Waals surface area (Å²) in [6.07, 6.45) is 0.656. The lowest BCUT2D eigenvalue weighted by Crippen LogP contribution is -2.52. The van der Waals surface area contributed by atoms with Crippen LogP contribution in [0, 0.1) is 0 Å². The third-order valence-electron chi connectivity index (χ3n) is 2.94. The largest absolute Gasteiger partial charge is 0.394 e. The highest BCUT2D eigenvalue weighted by Crippen LogP contribution is 2.14. The first-order valence-electron chi connectivity index (χ1n) is 5.91. The van der Waals surface area contributed by atoms with Gasteiger partial charge in [0, 0.05) is 11.6 Å². The van der Waals surface area contributed by atoms with Crippen molar-refractivity contribution in [1.29, 1.82) is 0 Å². The van der Waals surface area contributed by atoms with Crippen molar-refractivity contribution in [2.75, 3.05) is 6.61 Å². The summed E-state index contributed by atoms with van der Waals surface area (Å²) in [6, 6.07) is 7.03. The quantitative estimate of drug-likeness (QED) is 0.769. The number of aliphatic hydroxyl groups is 1. The summed E-state index contributed by atoms with van der Waals surface area (Å²) in [5.74, 6) is 0. The van der Waals surface area contributed by atoms with Crippen molar-refractivity contribution in [3.05, 3.63) is 34.9 Å². The van der Waals surface area contributed by atoms with Gasteiger partial charge in [0.25, 0.3) is 0 Å². The zero-order valence-corrected chi connectivity index (χ0v) is 11.4. The van der Waals surface area contributed by atoms with Gasteiger partial charge in [0.2, 0.25) is 0 Å². The number of carbonyl (C=O) groups is 1. The third-order valence-corrected chi connectivity index (χ3v) is 3.31. The summed E-state index contributed by atoms with van der Waals surface area (Å²) in [4.78, 5) is 11.7. The first kappa shape index (κ1) is 14.8. The van der Waals surface area contributed by atoms with Crippen LogP contribution in [0.25, 0.3) is 0 Å². The van der Waals surface area contributed by atoms with Gasteiger partial charge in [-0.05, 0) is 25.0 Å². The molecular formula is C13H19ClN2O2. The number of amides is 2.